The third kappa shape index (κ3) is 5.31. The molecule has 0 aliphatic carbocycles. The molecule has 0 aliphatic heterocycles. The van der Waals surface area contributed by atoms with Gasteiger partial charge in [0.1, 0.15) is 9.71 Å². The van der Waals surface area contributed by atoms with Crippen LogP contribution in [0.3, 0.4) is 0 Å². The molecule has 6 nitrogen and oxygen atoms in total. The number of methoxy groups -OCH3 is 1. The highest BCUT2D eigenvalue weighted by atomic mass is 35.5. The van der Waals surface area contributed by atoms with Gasteiger partial charge >= 0.3 is 5.97 Å². The molecular formula is C23H24ClN3O3S. The van der Waals surface area contributed by atoms with Gasteiger partial charge in [0.2, 0.25) is 0 Å². The Hall–Kier alpha value is -2.74. The summed E-state index contributed by atoms with van der Waals surface area (Å²) in [6.45, 7) is 10.4. The molecule has 162 valence electrons. The maximum absolute atomic E-state index is 12.8. The molecule has 3 aromatic rings. The van der Waals surface area contributed by atoms with Crippen molar-refractivity contribution in [2.45, 2.75) is 20.4 Å². The summed E-state index contributed by atoms with van der Waals surface area (Å²) in [6.07, 6.45) is 0. The second-order valence-electron chi connectivity index (χ2n) is 7.15. The number of anilines is 1. The van der Waals surface area contributed by atoms with E-state index < -0.39 is 11.9 Å². The fraction of sp³-hybridized carbons (Fsp3) is 0.261. The zero-order chi connectivity index (χ0) is 22.5. The van der Waals surface area contributed by atoms with Crippen LogP contribution in [0.2, 0.25) is 5.02 Å². The monoisotopic (exact) mass is 457 g/mol. The van der Waals surface area contributed by atoms with E-state index >= 15 is 0 Å². The number of carbonyl (C=O) groups is 2. The quantitative estimate of drug-likeness (QED) is 0.363. The fourth-order valence-corrected chi connectivity index (χ4v) is 4.47. The van der Waals surface area contributed by atoms with Crippen molar-refractivity contribution in [1.82, 2.24) is 9.88 Å². The van der Waals surface area contributed by atoms with Crippen molar-refractivity contribution in [3.05, 3.63) is 69.7 Å². The van der Waals surface area contributed by atoms with E-state index in [1.54, 1.807) is 24.3 Å². The number of pyridine rings is 1. The van der Waals surface area contributed by atoms with E-state index in [2.05, 4.69) is 23.7 Å². The van der Waals surface area contributed by atoms with E-state index in [9.17, 15) is 9.59 Å². The first-order valence-electron chi connectivity index (χ1n) is 9.77. The highest BCUT2D eigenvalue weighted by molar-refractivity contribution is 7.21. The Morgan fingerprint density at radius 2 is 2.00 bits per heavy atom. The van der Waals surface area contributed by atoms with Crippen LogP contribution in [0.25, 0.3) is 10.2 Å². The van der Waals surface area contributed by atoms with E-state index in [4.69, 9.17) is 21.3 Å². The number of carbonyl (C=O) groups excluding carboxylic acids is 2. The summed E-state index contributed by atoms with van der Waals surface area (Å²) in [5.41, 5.74) is 2.65. The molecule has 0 fully saturated rings. The Morgan fingerprint density at radius 3 is 2.65 bits per heavy atom. The predicted octanol–water partition coefficient (Wildman–Crippen LogP) is 5.39. The van der Waals surface area contributed by atoms with Gasteiger partial charge in [0.25, 0.3) is 5.91 Å². The first-order chi connectivity index (χ1) is 14.8. The van der Waals surface area contributed by atoms with Gasteiger partial charge in [-0.1, -0.05) is 42.8 Å². The molecule has 31 heavy (non-hydrogen) atoms. The van der Waals surface area contributed by atoms with Gasteiger partial charge in [0.05, 0.1) is 29.1 Å². The maximum atomic E-state index is 12.8. The second kappa shape index (κ2) is 10.0. The number of thiophene rings is 1. The summed E-state index contributed by atoms with van der Waals surface area (Å²) >= 11 is 7.34. The van der Waals surface area contributed by atoms with Gasteiger partial charge in [-0.15, -0.1) is 11.3 Å². The minimum Gasteiger partial charge on any atom is -0.465 e. The molecule has 0 atom stereocenters. The number of benzene rings is 1. The lowest BCUT2D eigenvalue weighted by atomic mass is 10.2. The molecule has 0 spiro atoms. The van der Waals surface area contributed by atoms with Gasteiger partial charge in [-0.2, -0.15) is 0 Å². The molecule has 0 aliphatic rings. The highest BCUT2D eigenvalue weighted by Gasteiger charge is 2.23. The number of halogens is 1. The Balaban J connectivity index is 1.98. The van der Waals surface area contributed by atoms with Crippen LogP contribution in [0.5, 0.6) is 0 Å². The molecule has 1 N–H and O–H groups in total. The number of ether oxygens (including phenoxy) is 1. The third-order valence-electron chi connectivity index (χ3n) is 4.67. The molecule has 0 bridgehead atoms. The number of fused-ring (bicyclic) bond motifs is 1. The lowest BCUT2D eigenvalue weighted by molar-refractivity contribution is 0.0607. The number of nitrogens with one attached hydrogen (secondary N) is 1. The smallest absolute Gasteiger partial charge is 0.350 e. The van der Waals surface area contributed by atoms with Crippen molar-refractivity contribution < 1.29 is 14.3 Å². The van der Waals surface area contributed by atoms with Crippen molar-refractivity contribution in [3.63, 3.8) is 0 Å². The van der Waals surface area contributed by atoms with Gasteiger partial charge in [-0.05, 0) is 37.7 Å². The molecule has 1 amide bonds. The van der Waals surface area contributed by atoms with Gasteiger partial charge in [-0.25, -0.2) is 9.78 Å². The molecule has 0 radical (unpaired) electrons. The number of aromatic nitrogens is 1. The Labute approximate surface area is 190 Å². The predicted molar refractivity (Wildman–Crippen MR) is 126 cm³/mol. The minimum atomic E-state index is -0.531. The minimum absolute atomic E-state index is 0.289. The Kier molecular flexibility index (Phi) is 7.43. The summed E-state index contributed by atoms with van der Waals surface area (Å²) in [5, 5.41) is 3.84. The molecule has 1 aromatic carbocycles. The van der Waals surface area contributed by atoms with Crippen LogP contribution in [0.4, 0.5) is 5.69 Å². The summed E-state index contributed by atoms with van der Waals surface area (Å²) in [5.74, 6) is -0.936. The summed E-state index contributed by atoms with van der Waals surface area (Å²) < 4.78 is 4.92. The van der Waals surface area contributed by atoms with Crippen LogP contribution >= 0.6 is 22.9 Å². The van der Waals surface area contributed by atoms with Crippen molar-refractivity contribution >= 4 is 50.7 Å². The summed E-state index contributed by atoms with van der Waals surface area (Å²) in [7, 11) is 1.31. The average Bonchev–Trinajstić information content (AvgIpc) is 3.10. The van der Waals surface area contributed by atoms with Crippen molar-refractivity contribution in [1.29, 1.82) is 0 Å². The molecular weight excluding hydrogens is 434 g/mol. The highest BCUT2D eigenvalue weighted by Crippen LogP contribution is 2.36. The first-order valence-corrected chi connectivity index (χ1v) is 11.0. The SMILES string of the molecule is C=C(C)CN(CC)Cc1ccc2c(NC(=O)c3ccccc3Cl)c(C(=O)OC)sc2n1. The maximum Gasteiger partial charge on any atom is 0.350 e. The first kappa shape index (κ1) is 22.9. The van der Waals surface area contributed by atoms with Gasteiger partial charge in [0.15, 0.2) is 0 Å². The summed E-state index contributed by atoms with van der Waals surface area (Å²) in [4.78, 5) is 33.1. The van der Waals surface area contributed by atoms with Gasteiger partial charge in [0, 0.05) is 18.5 Å². The molecule has 0 unspecified atom stereocenters. The lowest BCUT2D eigenvalue weighted by Crippen LogP contribution is -2.24. The van der Waals surface area contributed by atoms with Gasteiger partial charge < -0.3 is 10.1 Å². The van der Waals surface area contributed by atoms with Crippen LogP contribution < -0.4 is 5.32 Å². The third-order valence-corrected chi connectivity index (χ3v) is 6.08. The standard InChI is InChI=1S/C23H24ClN3O3S/c1-5-27(12-14(2)3)13-15-10-11-17-19(20(23(29)30-4)31-22(17)25-15)26-21(28)16-8-6-7-9-18(16)24/h6-11H,2,5,12-13H2,1,3-4H3,(H,26,28). The van der Waals surface area contributed by atoms with Crippen LogP contribution in [0, 0.1) is 0 Å². The number of nitrogens with zero attached hydrogens (tertiary/aromatic N) is 2. The van der Waals surface area contributed by atoms with Crippen molar-refractivity contribution in [2.24, 2.45) is 0 Å². The molecule has 2 aromatic heterocycles. The molecule has 8 heteroatoms. The van der Waals surface area contributed by atoms with E-state index in [0.29, 0.717) is 33.0 Å². The normalized spacial score (nSPS) is 11.0. The number of likely N-dealkylation sites (N-methyl/N-ethyl adjacent to an activating group) is 1. The van der Waals surface area contributed by atoms with Crippen LogP contribution in [0.15, 0.2) is 48.6 Å². The second-order valence-corrected chi connectivity index (χ2v) is 8.55. The number of rotatable bonds is 8. The number of hydrogen-bond donors (Lipinski definition) is 1. The van der Waals surface area contributed by atoms with Crippen LogP contribution in [0.1, 0.15) is 39.6 Å². The van der Waals surface area contributed by atoms with E-state index in [-0.39, 0.29) is 4.88 Å². The summed E-state index contributed by atoms with van der Waals surface area (Å²) in [6, 6.07) is 10.5. The fourth-order valence-electron chi connectivity index (χ4n) is 3.18. The Bertz CT molecular complexity index is 1140. The number of amides is 1. The van der Waals surface area contributed by atoms with Gasteiger partial charge in [-0.3, -0.25) is 9.69 Å². The van der Waals surface area contributed by atoms with Crippen LogP contribution in [-0.2, 0) is 11.3 Å². The molecule has 0 saturated carbocycles. The van der Waals surface area contributed by atoms with Crippen LogP contribution in [-0.4, -0.2) is 42.0 Å². The van der Waals surface area contributed by atoms with Crippen molar-refractivity contribution in [3.8, 4) is 0 Å². The average molecular weight is 458 g/mol. The van der Waals surface area contributed by atoms with E-state index in [1.807, 2.05) is 19.1 Å². The molecule has 2 heterocycles. The van der Waals surface area contributed by atoms with E-state index in [1.165, 1.54) is 18.4 Å². The molecule has 3 rings (SSSR count). The van der Waals surface area contributed by atoms with E-state index in [0.717, 1.165) is 24.4 Å². The zero-order valence-electron chi connectivity index (χ0n) is 17.7. The van der Waals surface area contributed by atoms with Crippen molar-refractivity contribution in [2.75, 3.05) is 25.5 Å². The number of esters is 1. The topological polar surface area (TPSA) is 71.5 Å². The Morgan fingerprint density at radius 1 is 1.26 bits per heavy atom. The lowest BCUT2D eigenvalue weighted by Gasteiger charge is -2.19. The zero-order valence-corrected chi connectivity index (χ0v) is 19.3. The number of hydrogen-bond acceptors (Lipinski definition) is 6. The molecule has 0 saturated heterocycles. The largest absolute Gasteiger partial charge is 0.465 e.